The molecule has 1 unspecified atom stereocenters. The van der Waals surface area contributed by atoms with Gasteiger partial charge in [0.1, 0.15) is 0 Å². The zero-order chi connectivity index (χ0) is 14.0. The second-order valence-corrected chi connectivity index (χ2v) is 6.48. The Labute approximate surface area is 115 Å². The van der Waals surface area contributed by atoms with E-state index in [0.717, 1.165) is 25.0 Å². The van der Waals surface area contributed by atoms with Crippen LogP contribution in [0.2, 0.25) is 0 Å². The second-order valence-electron chi connectivity index (χ2n) is 6.48. The van der Waals surface area contributed by atoms with Gasteiger partial charge < -0.3 is 5.32 Å². The molecular formula is C17H23NO. The Kier molecular flexibility index (Phi) is 3.79. The van der Waals surface area contributed by atoms with Gasteiger partial charge in [-0.3, -0.25) is 4.79 Å². The molecule has 0 radical (unpaired) electrons. The number of benzene rings is 1. The van der Waals surface area contributed by atoms with Crippen LogP contribution < -0.4 is 5.32 Å². The highest BCUT2D eigenvalue weighted by Gasteiger charge is 2.24. The minimum atomic E-state index is 0.0889. The molecule has 19 heavy (non-hydrogen) atoms. The van der Waals surface area contributed by atoms with Crippen molar-refractivity contribution in [1.29, 1.82) is 0 Å². The maximum absolute atomic E-state index is 11.9. The van der Waals surface area contributed by atoms with Gasteiger partial charge in [-0.05, 0) is 35.8 Å². The number of rotatable bonds is 2. The van der Waals surface area contributed by atoms with Gasteiger partial charge in [0.25, 0.3) is 0 Å². The molecule has 0 spiro atoms. The van der Waals surface area contributed by atoms with Crippen molar-refractivity contribution < 1.29 is 4.79 Å². The number of amides is 1. The van der Waals surface area contributed by atoms with Crippen LogP contribution in [0.3, 0.4) is 0 Å². The molecule has 1 heterocycles. The van der Waals surface area contributed by atoms with Crippen LogP contribution in [0, 0.1) is 5.92 Å². The summed E-state index contributed by atoms with van der Waals surface area (Å²) in [6.07, 6.45) is 2.63. The van der Waals surface area contributed by atoms with Crippen molar-refractivity contribution in [2.24, 2.45) is 5.92 Å². The SMILES string of the molecule is C=C1CCC(Cc2ccc(C(C)(C)C)cc2)C(=O)N1. The number of allylic oxidation sites excluding steroid dienone is 1. The van der Waals surface area contributed by atoms with Crippen molar-refractivity contribution in [3.63, 3.8) is 0 Å². The molecule has 1 aliphatic rings. The molecule has 1 aliphatic heterocycles. The molecule has 2 heteroatoms. The molecule has 102 valence electrons. The highest BCUT2D eigenvalue weighted by molar-refractivity contribution is 5.81. The highest BCUT2D eigenvalue weighted by atomic mass is 16.1. The predicted octanol–water partition coefficient (Wildman–Crippen LogP) is 3.57. The molecular weight excluding hydrogens is 234 g/mol. The Hall–Kier alpha value is -1.57. The molecule has 0 aliphatic carbocycles. The lowest BCUT2D eigenvalue weighted by Gasteiger charge is -2.24. The lowest BCUT2D eigenvalue weighted by molar-refractivity contribution is -0.125. The maximum atomic E-state index is 11.9. The van der Waals surface area contributed by atoms with Crippen LogP contribution in [-0.2, 0) is 16.6 Å². The Morgan fingerprint density at radius 2 is 1.89 bits per heavy atom. The van der Waals surface area contributed by atoms with Crippen molar-refractivity contribution in [2.75, 3.05) is 0 Å². The molecule has 1 amide bonds. The fourth-order valence-corrected chi connectivity index (χ4v) is 2.44. The van der Waals surface area contributed by atoms with E-state index in [2.05, 4.69) is 56.9 Å². The molecule has 0 saturated carbocycles. The van der Waals surface area contributed by atoms with E-state index in [0.29, 0.717) is 0 Å². The van der Waals surface area contributed by atoms with Crippen LogP contribution in [0.25, 0.3) is 0 Å². The van der Waals surface area contributed by atoms with Crippen molar-refractivity contribution in [3.05, 3.63) is 47.7 Å². The van der Waals surface area contributed by atoms with Gasteiger partial charge in [-0.15, -0.1) is 0 Å². The van der Waals surface area contributed by atoms with Crippen LogP contribution in [-0.4, -0.2) is 5.91 Å². The number of hydrogen-bond donors (Lipinski definition) is 1. The summed E-state index contributed by atoms with van der Waals surface area (Å²) < 4.78 is 0. The van der Waals surface area contributed by atoms with Crippen LogP contribution in [0.5, 0.6) is 0 Å². The van der Waals surface area contributed by atoms with E-state index >= 15 is 0 Å². The summed E-state index contributed by atoms with van der Waals surface area (Å²) >= 11 is 0. The standard InChI is InChI=1S/C17H23NO/c1-12-5-8-14(16(19)18-12)11-13-6-9-15(10-7-13)17(2,3)4/h6-7,9-10,14H,1,5,8,11H2,2-4H3,(H,18,19). The van der Waals surface area contributed by atoms with E-state index in [1.54, 1.807) is 0 Å². The largest absolute Gasteiger partial charge is 0.330 e. The Balaban J connectivity index is 2.04. The fourth-order valence-electron chi connectivity index (χ4n) is 2.44. The first kappa shape index (κ1) is 13.9. The first-order chi connectivity index (χ1) is 8.86. The average Bonchev–Trinajstić information content (AvgIpc) is 2.32. The summed E-state index contributed by atoms with van der Waals surface area (Å²) in [7, 11) is 0. The predicted molar refractivity (Wildman–Crippen MR) is 78.9 cm³/mol. The van der Waals surface area contributed by atoms with Gasteiger partial charge in [-0.25, -0.2) is 0 Å². The first-order valence-electron chi connectivity index (χ1n) is 6.94. The quantitative estimate of drug-likeness (QED) is 0.862. The minimum Gasteiger partial charge on any atom is -0.330 e. The molecule has 2 nitrogen and oxygen atoms in total. The van der Waals surface area contributed by atoms with Crippen molar-refractivity contribution >= 4 is 5.91 Å². The molecule has 1 saturated heterocycles. The highest BCUT2D eigenvalue weighted by Crippen LogP contribution is 2.25. The lowest BCUT2D eigenvalue weighted by atomic mass is 9.85. The zero-order valence-corrected chi connectivity index (χ0v) is 12.1. The number of carbonyl (C=O) groups excluding carboxylic acids is 1. The molecule has 2 rings (SSSR count). The third kappa shape index (κ3) is 3.46. The van der Waals surface area contributed by atoms with Crippen LogP contribution in [0.15, 0.2) is 36.5 Å². The van der Waals surface area contributed by atoms with E-state index in [4.69, 9.17) is 0 Å². The van der Waals surface area contributed by atoms with Gasteiger partial charge in [0, 0.05) is 11.6 Å². The van der Waals surface area contributed by atoms with Crippen molar-refractivity contribution in [1.82, 2.24) is 5.32 Å². The maximum Gasteiger partial charge on any atom is 0.227 e. The third-order valence-electron chi connectivity index (χ3n) is 3.77. The summed E-state index contributed by atoms with van der Waals surface area (Å²) in [5, 5.41) is 2.85. The normalized spacial score (nSPS) is 20.3. The average molecular weight is 257 g/mol. The van der Waals surface area contributed by atoms with E-state index in [1.165, 1.54) is 11.1 Å². The lowest BCUT2D eigenvalue weighted by Crippen LogP contribution is -2.35. The summed E-state index contributed by atoms with van der Waals surface area (Å²) in [5.74, 6) is 0.210. The fraction of sp³-hybridized carbons (Fsp3) is 0.471. The topological polar surface area (TPSA) is 29.1 Å². The molecule has 1 fully saturated rings. The molecule has 1 N–H and O–H groups in total. The van der Waals surface area contributed by atoms with Crippen molar-refractivity contribution in [2.45, 2.75) is 45.4 Å². The Morgan fingerprint density at radius 1 is 1.26 bits per heavy atom. The number of hydrogen-bond acceptors (Lipinski definition) is 1. The van der Waals surface area contributed by atoms with Gasteiger partial charge >= 0.3 is 0 Å². The van der Waals surface area contributed by atoms with Gasteiger partial charge in [-0.1, -0.05) is 51.6 Å². The summed E-state index contributed by atoms with van der Waals surface area (Å²) in [6.45, 7) is 10.4. The molecule has 1 atom stereocenters. The third-order valence-corrected chi connectivity index (χ3v) is 3.77. The molecule has 0 aromatic heterocycles. The zero-order valence-electron chi connectivity index (χ0n) is 12.1. The van der Waals surface area contributed by atoms with Gasteiger partial charge in [0.05, 0.1) is 0 Å². The summed E-state index contributed by atoms with van der Waals surface area (Å²) in [6, 6.07) is 8.65. The van der Waals surface area contributed by atoms with Crippen LogP contribution in [0.4, 0.5) is 0 Å². The monoisotopic (exact) mass is 257 g/mol. The van der Waals surface area contributed by atoms with E-state index in [1.807, 2.05) is 0 Å². The molecule has 1 aromatic rings. The Bertz CT molecular complexity index is 479. The van der Waals surface area contributed by atoms with Crippen LogP contribution >= 0.6 is 0 Å². The Morgan fingerprint density at radius 3 is 2.42 bits per heavy atom. The van der Waals surface area contributed by atoms with Crippen molar-refractivity contribution in [3.8, 4) is 0 Å². The first-order valence-corrected chi connectivity index (χ1v) is 6.94. The number of carbonyl (C=O) groups is 1. The van der Waals surface area contributed by atoms with Gasteiger partial charge in [0.2, 0.25) is 5.91 Å². The van der Waals surface area contributed by atoms with Crippen LogP contribution in [0.1, 0.15) is 44.7 Å². The van der Waals surface area contributed by atoms with E-state index < -0.39 is 0 Å². The van der Waals surface area contributed by atoms with Gasteiger partial charge in [-0.2, -0.15) is 0 Å². The molecule has 0 bridgehead atoms. The minimum absolute atomic E-state index is 0.0889. The summed E-state index contributed by atoms with van der Waals surface area (Å²) in [4.78, 5) is 11.9. The number of piperidine rings is 1. The number of nitrogens with one attached hydrogen (secondary N) is 1. The summed E-state index contributed by atoms with van der Waals surface area (Å²) in [5.41, 5.74) is 3.60. The van der Waals surface area contributed by atoms with E-state index in [9.17, 15) is 4.79 Å². The second kappa shape index (κ2) is 5.20. The van der Waals surface area contributed by atoms with Gasteiger partial charge in [0.15, 0.2) is 0 Å². The molecule has 1 aromatic carbocycles. The smallest absolute Gasteiger partial charge is 0.227 e. The van der Waals surface area contributed by atoms with E-state index in [-0.39, 0.29) is 17.2 Å².